The van der Waals surface area contributed by atoms with Gasteiger partial charge < -0.3 is 10.6 Å². The Morgan fingerprint density at radius 3 is 2.68 bits per heavy atom. The lowest BCUT2D eigenvalue weighted by atomic mass is 9.93. The summed E-state index contributed by atoms with van der Waals surface area (Å²) in [5.41, 5.74) is 1.34. The highest BCUT2D eigenvalue weighted by molar-refractivity contribution is 8.03. The molecule has 3 aliphatic rings. The molecule has 3 aliphatic heterocycles. The van der Waals surface area contributed by atoms with Crippen molar-refractivity contribution in [3.8, 4) is 0 Å². The molecule has 6 heteroatoms. The molecule has 4 rings (SSSR count). The molecule has 1 fully saturated rings. The third-order valence-corrected chi connectivity index (χ3v) is 6.72. The van der Waals surface area contributed by atoms with Crippen LogP contribution in [0, 0.1) is 12.8 Å². The number of hydrogen-bond donors (Lipinski definition) is 2. The highest BCUT2D eigenvalue weighted by Gasteiger charge is 2.51. The first-order valence-electron chi connectivity index (χ1n) is 7.30. The fourth-order valence-electron chi connectivity index (χ4n) is 3.37. The van der Waals surface area contributed by atoms with Gasteiger partial charge in [0.15, 0.2) is 0 Å². The van der Waals surface area contributed by atoms with Crippen LogP contribution in [0.5, 0.6) is 0 Å². The van der Waals surface area contributed by atoms with Gasteiger partial charge in [-0.15, -0.1) is 23.1 Å². The molecule has 0 aliphatic carbocycles. The van der Waals surface area contributed by atoms with Crippen LogP contribution in [0.25, 0.3) is 5.70 Å². The van der Waals surface area contributed by atoms with Crippen LogP contribution in [0.3, 0.4) is 0 Å². The number of amides is 2. The Bertz CT molecular complexity index is 747. The molecule has 0 spiro atoms. The van der Waals surface area contributed by atoms with Crippen molar-refractivity contribution in [3.05, 3.63) is 38.4 Å². The van der Waals surface area contributed by atoms with Crippen LogP contribution in [0.15, 0.2) is 28.7 Å². The molecule has 3 unspecified atom stereocenters. The summed E-state index contributed by atoms with van der Waals surface area (Å²) in [5.74, 6) is -0.509. The Morgan fingerprint density at radius 2 is 2.05 bits per heavy atom. The molecule has 4 heterocycles. The van der Waals surface area contributed by atoms with E-state index in [1.54, 1.807) is 23.1 Å². The van der Waals surface area contributed by atoms with Crippen molar-refractivity contribution in [2.45, 2.75) is 31.6 Å². The highest BCUT2D eigenvalue weighted by Crippen LogP contribution is 2.43. The minimum atomic E-state index is -0.360. The number of carbonyl (C=O) groups excluding carboxylic acids is 2. The molecule has 1 saturated heterocycles. The first-order chi connectivity index (χ1) is 10.5. The fourth-order valence-corrected chi connectivity index (χ4v) is 5.49. The SMILES string of the molecule is CC1=CCC(C2NC(=O)C3=C(c4ccc(C)s4)NC(=O)C32)S1. The molecule has 0 saturated carbocycles. The molecule has 4 nitrogen and oxygen atoms in total. The molecule has 0 bridgehead atoms. The Morgan fingerprint density at radius 1 is 1.23 bits per heavy atom. The molecule has 2 N–H and O–H groups in total. The number of allylic oxidation sites excluding steroid dienone is 2. The summed E-state index contributed by atoms with van der Waals surface area (Å²) in [6.45, 7) is 4.10. The largest absolute Gasteiger partial charge is 0.347 e. The van der Waals surface area contributed by atoms with Crippen LogP contribution in [-0.4, -0.2) is 23.1 Å². The molecular formula is C16H16N2O2S2. The van der Waals surface area contributed by atoms with E-state index in [1.165, 1.54) is 9.78 Å². The predicted octanol–water partition coefficient (Wildman–Crippen LogP) is 2.42. The Balaban J connectivity index is 1.71. The topological polar surface area (TPSA) is 58.2 Å². The molecule has 1 aromatic heterocycles. The van der Waals surface area contributed by atoms with Gasteiger partial charge in [-0.1, -0.05) is 6.08 Å². The van der Waals surface area contributed by atoms with Crippen LogP contribution in [0.4, 0.5) is 0 Å². The van der Waals surface area contributed by atoms with Gasteiger partial charge in [-0.25, -0.2) is 0 Å². The van der Waals surface area contributed by atoms with Gasteiger partial charge >= 0.3 is 0 Å². The molecule has 0 aromatic carbocycles. The molecular weight excluding hydrogens is 316 g/mol. The molecule has 114 valence electrons. The number of thiophene rings is 1. The van der Waals surface area contributed by atoms with Gasteiger partial charge in [-0.2, -0.15) is 0 Å². The van der Waals surface area contributed by atoms with Crippen molar-refractivity contribution >= 4 is 40.6 Å². The number of fused-ring (bicyclic) bond motifs is 1. The number of aryl methyl sites for hydroxylation is 1. The van der Waals surface area contributed by atoms with Crippen molar-refractivity contribution in [1.82, 2.24) is 10.6 Å². The van der Waals surface area contributed by atoms with Crippen LogP contribution >= 0.6 is 23.1 Å². The number of carbonyl (C=O) groups is 2. The van der Waals surface area contributed by atoms with E-state index in [0.717, 1.165) is 11.3 Å². The van der Waals surface area contributed by atoms with E-state index in [9.17, 15) is 9.59 Å². The maximum Gasteiger partial charge on any atom is 0.250 e. The zero-order chi connectivity index (χ0) is 15.4. The maximum absolute atomic E-state index is 12.5. The summed E-state index contributed by atoms with van der Waals surface area (Å²) in [4.78, 5) is 28.3. The lowest BCUT2D eigenvalue weighted by Crippen LogP contribution is -2.42. The standard InChI is InChI=1S/C16H16N2O2S2/c1-7-3-5-9(21-7)13-11-12(16(20)17-13)14(18-15(11)19)10-6-4-8(2)22-10/h3-5,10,12,14H,6H2,1-2H3,(H,17,20)(H,18,19). The number of rotatable bonds is 2. The third kappa shape index (κ3) is 2.05. The van der Waals surface area contributed by atoms with Gasteiger partial charge in [0, 0.05) is 10.1 Å². The van der Waals surface area contributed by atoms with Crippen molar-refractivity contribution in [2.24, 2.45) is 5.92 Å². The highest BCUT2D eigenvalue weighted by atomic mass is 32.2. The van der Waals surface area contributed by atoms with Crippen molar-refractivity contribution in [2.75, 3.05) is 0 Å². The number of nitrogens with one attached hydrogen (secondary N) is 2. The lowest BCUT2D eigenvalue weighted by Gasteiger charge is -2.21. The average molecular weight is 332 g/mol. The van der Waals surface area contributed by atoms with E-state index in [1.807, 2.05) is 19.1 Å². The van der Waals surface area contributed by atoms with Crippen molar-refractivity contribution in [1.29, 1.82) is 0 Å². The molecule has 3 atom stereocenters. The van der Waals surface area contributed by atoms with Gasteiger partial charge in [0.1, 0.15) is 0 Å². The van der Waals surface area contributed by atoms with Gasteiger partial charge in [-0.05, 0) is 37.3 Å². The van der Waals surface area contributed by atoms with E-state index in [4.69, 9.17) is 0 Å². The molecule has 22 heavy (non-hydrogen) atoms. The lowest BCUT2D eigenvalue weighted by molar-refractivity contribution is -0.122. The first-order valence-corrected chi connectivity index (χ1v) is 9.00. The zero-order valence-electron chi connectivity index (χ0n) is 12.3. The summed E-state index contributed by atoms with van der Waals surface area (Å²) in [7, 11) is 0. The summed E-state index contributed by atoms with van der Waals surface area (Å²) in [5, 5.41) is 6.24. The van der Waals surface area contributed by atoms with E-state index in [-0.39, 0.29) is 29.0 Å². The van der Waals surface area contributed by atoms with E-state index < -0.39 is 0 Å². The predicted molar refractivity (Wildman–Crippen MR) is 89.3 cm³/mol. The van der Waals surface area contributed by atoms with Gasteiger partial charge in [-0.3, -0.25) is 9.59 Å². The third-order valence-electron chi connectivity index (χ3n) is 4.37. The zero-order valence-corrected chi connectivity index (χ0v) is 13.9. The van der Waals surface area contributed by atoms with Crippen LogP contribution in [0.1, 0.15) is 23.1 Å². The Kier molecular flexibility index (Phi) is 3.20. The van der Waals surface area contributed by atoms with Crippen LogP contribution < -0.4 is 10.6 Å². The van der Waals surface area contributed by atoms with Crippen LogP contribution in [-0.2, 0) is 9.59 Å². The minimum absolute atomic E-state index is 0.0513. The molecule has 2 amide bonds. The second-order valence-electron chi connectivity index (χ2n) is 5.87. The Labute approximate surface area is 137 Å². The fraction of sp³-hybridized carbons (Fsp3) is 0.375. The summed E-state index contributed by atoms with van der Waals surface area (Å²) >= 11 is 3.37. The van der Waals surface area contributed by atoms with Gasteiger partial charge in [0.05, 0.1) is 28.1 Å². The summed E-state index contributed by atoms with van der Waals surface area (Å²) in [6, 6.07) is 3.87. The first kappa shape index (κ1) is 14.1. The normalized spacial score (nSPS) is 30.5. The van der Waals surface area contributed by atoms with Gasteiger partial charge in [0.25, 0.3) is 5.91 Å². The van der Waals surface area contributed by atoms with E-state index >= 15 is 0 Å². The second kappa shape index (κ2) is 4.99. The second-order valence-corrected chi connectivity index (χ2v) is 8.64. The number of hydrogen-bond acceptors (Lipinski definition) is 4. The Hall–Kier alpha value is -1.53. The minimum Gasteiger partial charge on any atom is -0.347 e. The quantitative estimate of drug-likeness (QED) is 0.874. The van der Waals surface area contributed by atoms with Gasteiger partial charge in [0.2, 0.25) is 5.91 Å². The van der Waals surface area contributed by atoms with E-state index in [2.05, 4.69) is 23.6 Å². The summed E-state index contributed by atoms with van der Waals surface area (Å²) in [6.07, 6.45) is 3.09. The molecule has 0 radical (unpaired) electrons. The maximum atomic E-state index is 12.5. The smallest absolute Gasteiger partial charge is 0.250 e. The number of thioether (sulfide) groups is 1. The van der Waals surface area contributed by atoms with E-state index in [0.29, 0.717) is 11.3 Å². The average Bonchev–Trinajstić information content (AvgIpc) is 3.19. The van der Waals surface area contributed by atoms with Crippen molar-refractivity contribution < 1.29 is 9.59 Å². The van der Waals surface area contributed by atoms with Crippen molar-refractivity contribution in [3.63, 3.8) is 0 Å². The summed E-state index contributed by atoms with van der Waals surface area (Å²) < 4.78 is 0. The van der Waals surface area contributed by atoms with Crippen LogP contribution in [0.2, 0.25) is 0 Å². The monoisotopic (exact) mass is 332 g/mol. The molecule has 1 aromatic rings.